The standard InChI is InChI=1S/C20H22N2O3S/c1-12(26(24)25)13-3-2-4-14(7-13)15-5-6-17-18(8-15)20(23)22-10-16-9-21-11-19(16)17/h2-8,12,16,19,21H,9-11H2,1H3,(H,22,23)(H,24,25)/p-1. The number of fused-ring (bicyclic) bond motifs is 3. The molecule has 1 fully saturated rings. The van der Waals surface area contributed by atoms with Crippen LogP contribution in [-0.2, 0) is 11.1 Å². The number of nitrogens with one attached hydrogen (secondary N) is 2. The smallest absolute Gasteiger partial charge is 0.251 e. The van der Waals surface area contributed by atoms with Gasteiger partial charge < -0.3 is 15.2 Å². The lowest BCUT2D eigenvalue weighted by Gasteiger charge is -2.18. The summed E-state index contributed by atoms with van der Waals surface area (Å²) in [5, 5.41) is 5.88. The van der Waals surface area contributed by atoms with Crippen LogP contribution in [0.4, 0.5) is 0 Å². The molecular weight excluding hydrogens is 348 g/mol. The fraction of sp³-hybridized carbons (Fsp3) is 0.350. The summed E-state index contributed by atoms with van der Waals surface area (Å²) in [5.74, 6) is 0.760. The van der Waals surface area contributed by atoms with E-state index in [0.29, 0.717) is 18.4 Å². The minimum absolute atomic E-state index is 0.0264. The van der Waals surface area contributed by atoms with Crippen LogP contribution in [0.1, 0.15) is 39.6 Å². The zero-order chi connectivity index (χ0) is 18.3. The lowest BCUT2D eigenvalue weighted by molar-refractivity contribution is 0.0952. The molecule has 1 amide bonds. The molecule has 0 spiro atoms. The summed E-state index contributed by atoms with van der Waals surface area (Å²) in [4.78, 5) is 12.6. The van der Waals surface area contributed by atoms with Crippen LogP contribution >= 0.6 is 0 Å². The highest BCUT2D eigenvalue weighted by molar-refractivity contribution is 7.79. The molecule has 2 N–H and O–H groups in total. The van der Waals surface area contributed by atoms with Crippen molar-refractivity contribution in [1.29, 1.82) is 0 Å². The highest BCUT2D eigenvalue weighted by Crippen LogP contribution is 2.35. The van der Waals surface area contributed by atoms with E-state index in [1.165, 1.54) is 0 Å². The molecule has 136 valence electrons. The van der Waals surface area contributed by atoms with E-state index in [9.17, 15) is 13.6 Å². The molecule has 2 aliphatic heterocycles. The Morgan fingerprint density at radius 2 is 1.92 bits per heavy atom. The lowest BCUT2D eigenvalue weighted by atomic mass is 9.86. The molecule has 2 aromatic carbocycles. The van der Waals surface area contributed by atoms with Gasteiger partial charge in [-0.1, -0.05) is 30.3 Å². The van der Waals surface area contributed by atoms with E-state index in [1.54, 1.807) is 6.92 Å². The van der Waals surface area contributed by atoms with Crippen molar-refractivity contribution >= 4 is 17.0 Å². The van der Waals surface area contributed by atoms with Crippen LogP contribution in [0.15, 0.2) is 42.5 Å². The molecule has 0 bridgehead atoms. The molecule has 2 aliphatic rings. The van der Waals surface area contributed by atoms with Gasteiger partial charge in [0.1, 0.15) is 0 Å². The van der Waals surface area contributed by atoms with Gasteiger partial charge in [0.15, 0.2) is 0 Å². The van der Waals surface area contributed by atoms with Gasteiger partial charge in [-0.25, -0.2) is 0 Å². The van der Waals surface area contributed by atoms with Gasteiger partial charge >= 0.3 is 0 Å². The predicted octanol–water partition coefficient (Wildman–Crippen LogP) is 2.34. The van der Waals surface area contributed by atoms with Gasteiger partial charge in [-0.3, -0.25) is 9.00 Å². The number of hydrogen-bond acceptors (Lipinski definition) is 4. The minimum Gasteiger partial charge on any atom is -0.772 e. The largest absolute Gasteiger partial charge is 0.772 e. The van der Waals surface area contributed by atoms with Gasteiger partial charge in [0.25, 0.3) is 5.91 Å². The molecule has 1 saturated heterocycles. The first-order chi connectivity index (χ1) is 12.5. The molecule has 0 saturated carbocycles. The number of hydrogen-bond donors (Lipinski definition) is 2. The number of amides is 1. The molecule has 0 radical (unpaired) electrons. The van der Waals surface area contributed by atoms with Crippen molar-refractivity contribution in [3.63, 3.8) is 0 Å². The van der Waals surface area contributed by atoms with Crippen molar-refractivity contribution < 1.29 is 13.6 Å². The second-order valence-corrected chi connectivity index (χ2v) is 8.29. The molecule has 26 heavy (non-hydrogen) atoms. The Balaban J connectivity index is 1.75. The zero-order valence-electron chi connectivity index (χ0n) is 14.5. The Morgan fingerprint density at radius 3 is 2.73 bits per heavy atom. The Kier molecular flexibility index (Phi) is 4.65. The highest BCUT2D eigenvalue weighted by Gasteiger charge is 2.34. The maximum absolute atomic E-state index is 12.6. The first-order valence-electron chi connectivity index (χ1n) is 8.86. The van der Waals surface area contributed by atoms with E-state index in [4.69, 9.17) is 0 Å². The zero-order valence-corrected chi connectivity index (χ0v) is 15.3. The summed E-state index contributed by atoms with van der Waals surface area (Å²) in [6.07, 6.45) is 0. The predicted molar refractivity (Wildman–Crippen MR) is 101 cm³/mol. The van der Waals surface area contributed by atoms with E-state index in [0.717, 1.165) is 40.9 Å². The van der Waals surface area contributed by atoms with E-state index in [2.05, 4.69) is 16.7 Å². The van der Waals surface area contributed by atoms with Crippen molar-refractivity contribution in [3.8, 4) is 11.1 Å². The van der Waals surface area contributed by atoms with Crippen LogP contribution in [0.3, 0.4) is 0 Å². The van der Waals surface area contributed by atoms with Crippen LogP contribution in [0.5, 0.6) is 0 Å². The van der Waals surface area contributed by atoms with Crippen molar-refractivity contribution in [2.75, 3.05) is 19.6 Å². The molecule has 4 atom stereocenters. The quantitative estimate of drug-likeness (QED) is 0.814. The number of carbonyl (C=O) groups is 1. The van der Waals surface area contributed by atoms with Crippen molar-refractivity contribution in [2.45, 2.75) is 18.1 Å². The first kappa shape index (κ1) is 17.4. The second-order valence-electron chi connectivity index (χ2n) is 7.07. The second kappa shape index (κ2) is 6.95. The molecule has 4 rings (SSSR count). The van der Waals surface area contributed by atoms with E-state index < -0.39 is 16.3 Å². The van der Waals surface area contributed by atoms with E-state index in [-0.39, 0.29) is 5.91 Å². The Hall–Kier alpha value is -2.02. The fourth-order valence-corrected chi connectivity index (χ4v) is 4.34. The summed E-state index contributed by atoms with van der Waals surface area (Å²) in [6.45, 7) is 4.19. The summed E-state index contributed by atoms with van der Waals surface area (Å²) >= 11 is -2.16. The summed E-state index contributed by atoms with van der Waals surface area (Å²) in [7, 11) is 0. The van der Waals surface area contributed by atoms with Gasteiger partial charge in [0.2, 0.25) is 0 Å². The normalized spacial score (nSPS) is 24.2. The van der Waals surface area contributed by atoms with Crippen LogP contribution in [0, 0.1) is 5.92 Å². The van der Waals surface area contributed by atoms with Gasteiger partial charge in [-0.2, -0.15) is 0 Å². The highest BCUT2D eigenvalue weighted by atomic mass is 32.2. The van der Waals surface area contributed by atoms with Gasteiger partial charge in [0, 0.05) is 36.4 Å². The third kappa shape index (κ3) is 3.09. The molecule has 0 aliphatic carbocycles. The fourth-order valence-electron chi connectivity index (χ4n) is 3.97. The molecule has 4 unspecified atom stereocenters. The summed E-state index contributed by atoms with van der Waals surface area (Å²) in [6, 6.07) is 13.5. The third-order valence-electron chi connectivity index (χ3n) is 5.54. The summed E-state index contributed by atoms with van der Waals surface area (Å²) < 4.78 is 22.5. The van der Waals surface area contributed by atoms with Crippen LogP contribution in [0.2, 0.25) is 0 Å². The Bertz CT molecular complexity index is 883. The van der Waals surface area contributed by atoms with Gasteiger partial charge in [0.05, 0.1) is 0 Å². The van der Waals surface area contributed by atoms with Crippen molar-refractivity contribution in [3.05, 3.63) is 59.2 Å². The molecule has 0 aromatic heterocycles. The average Bonchev–Trinajstić information content (AvgIpc) is 3.08. The topological polar surface area (TPSA) is 81.3 Å². The summed E-state index contributed by atoms with van der Waals surface area (Å²) in [5.41, 5.74) is 4.42. The number of benzene rings is 2. The Morgan fingerprint density at radius 1 is 1.12 bits per heavy atom. The molecule has 2 heterocycles. The number of rotatable bonds is 3. The van der Waals surface area contributed by atoms with E-state index in [1.807, 2.05) is 36.4 Å². The minimum atomic E-state index is -2.16. The molecular formula is C20H21N2O3S-. The lowest BCUT2D eigenvalue weighted by Crippen LogP contribution is -2.28. The van der Waals surface area contributed by atoms with Gasteiger partial charge in [-0.15, -0.1) is 0 Å². The van der Waals surface area contributed by atoms with Crippen molar-refractivity contribution in [2.24, 2.45) is 5.92 Å². The average molecular weight is 369 g/mol. The SMILES string of the molecule is CC(c1cccc(-c2ccc3c(c2)C(=O)NCC2CNCC32)c1)S(=O)[O-]. The molecule has 2 aromatic rings. The third-order valence-corrected chi connectivity index (χ3v) is 6.39. The Labute approximate surface area is 155 Å². The maximum Gasteiger partial charge on any atom is 0.251 e. The maximum atomic E-state index is 12.6. The van der Waals surface area contributed by atoms with Crippen LogP contribution in [-0.4, -0.2) is 34.3 Å². The number of carbonyl (C=O) groups excluding carboxylic acids is 1. The monoisotopic (exact) mass is 369 g/mol. The van der Waals surface area contributed by atoms with E-state index >= 15 is 0 Å². The van der Waals surface area contributed by atoms with Crippen LogP contribution < -0.4 is 10.6 Å². The van der Waals surface area contributed by atoms with Gasteiger partial charge in [-0.05, 0) is 58.3 Å². The molecule has 5 nitrogen and oxygen atoms in total. The van der Waals surface area contributed by atoms with Crippen LogP contribution in [0.25, 0.3) is 11.1 Å². The van der Waals surface area contributed by atoms with Crippen molar-refractivity contribution in [1.82, 2.24) is 10.6 Å². The molecule has 6 heteroatoms. The first-order valence-corrected chi connectivity index (χ1v) is 9.99.